The lowest BCUT2D eigenvalue weighted by molar-refractivity contribution is -0.136. The van der Waals surface area contributed by atoms with E-state index >= 15 is 0 Å². The molecule has 0 radical (unpaired) electrons. The molecule has 8 heteroatoms. The van der Waals surface area contributed by atoms with Crippen LogP contribution in [0.1, 0.15) is 43.9 Å². The summed E-state index contributed by atoms with van der Waals surface area (Å²) in [5, 5.41) is 1.13. The highest BCUT2D eigenvalue weighted by molar-refractivity contribution is 5.83. The smallest absolute Gasteiger partial charge is 0.226 e. The van der Waals surface area contributed by atoms with Crippen LogP contribution in [0.2, 0.25) is 0 Å². The molecule has 0 aliphatic carbocycles. The Balaban J connectivity index is 1.19. The van der Waals surface area contributed by atoms with E-state index in [0.29, 0.717) is 5.92 Å². The van der Waals surface area contributed by atoms with E-state index in [9.17, 15) is 4.79 Å². The molecule has 2 aliphatic heterocycles. The molecule has 0 N–H and O–H groups in total. The molecule has 2 fully saturated rings. The van der Waals surface area contributed by atoms with Crippen molar-refractivity contribution in [3.8, 4) is 0 Å². The van der Waals surface area contributed by atoms with Gasteiger partial charge in [-0.25, -0.2) is 15.0 Å². The van der Waals surface area contributed by atoms with Gasteiger partial charge in [0.25, 0.3) is 0 Å². The summed E-state index contributed by atoms with van der Waals surface area (Å²) in [5.41, 5.74) is 3.32. The fourth-order valence-electron chi connectivity index (χ4n) is 4.98. The van der Waals surface area contributed by atoms with Crippen LogP contribution >= 0.6 is 0 Å². The highest BCUT2D eigenvalue weighted by atomic mass is 16.2. The van der Waals surface area contributed by atoms with Gasteiger partial charge in [0.1, 0.15) is 5.82 Å². The van der Waals surface area contributed by atoms with Crippen molar-refractivity contribution in [3.63, 3.8) is 0 Å². The van der Waals surface area contributed by atoms with Crippen molar-refractivity contribution in [1.29, 1.82) is 0 Å². The number of hydrogen-bond acceptors (Lipinski definition) is 7. The van der Waals surface area contributed by atoms with Crippen molar-refractivity contribution < 1.29 is 4.79 Å². The number of carbonyl (C=O) groups excluding carboxylic acids is 1. The number of anilines is 2. The second-order valence-electron chi connectivity index (χ2n) is 9.68. The first-order valence-electron chi connectivity index (χ1n) is 12.3. The molecule has 0 atom stereocenters. The lowest BCUT2D eigenvalue weighted by atomic mass is 9.95. The van der Waals surface area contributed by atoms with Crippen LogP contribution in [-0.4, -0.2) is 70.0 Å². The standard InChI is InChI=1S/C26H33N7O/c1-18(2)21-4-5-23-22(16-21)19(3)29-26(30-23)33-10-6-20(7-11-33)25(34)32-14-12-31(13-15-32)24-17-27-8-9-28-24/h4-5,8-9,16-18,20H,6-7,10-15H2,1-3H3. The second-order valence-corrected chi connectivity index (χ2v) is 9.68. The number of hydrogen-bond donors (Lipinski definition) is 0. The topological polar surface area (TPSA) is 78.4 Å². The van der Waals surface area contributed by atoms with Crippen LogP contribution in [0.4, 0.5) is 11.8 Å². The minimum absolute atomic E-state index is 0.0782. The van der Waals surface area contributed by atoms with E-state index < -0.39 is 0 Å². The van der Waals surface area contributed by atoms with Gasteiger partial charge >= 0.3 is 0 Å². The molecule has 0 saturated carbocycles. The Morgan fingerprint density at radius 2 is 1.74 bits per heavy atom. The molecule has 5 rings (SSSR count). The number of fused-ring (bicyclic) bond motifs is 1. The Bertz CT molecular complexity index is 1150. The summed E-state index contributed by atoms with van der Waals surface area (Å²) in [7, 11) is 0. The van der Waals surface area contributed by atoms with Crippen molar-refractivity contribution >= 4 is 28.6 Å². The van der Waals surface area contributed by atoms with Crippen LogP contribution in [0, 0.1) is 12.8 Å². The van der Waals surface area contributed by atoms with E-state index in [1.807, 2.05) is 4.90 Å². The van der Waals surface area contributed by atoms with Crippen LogP contribution < -0.4 is 9.80 Å². The molecular formula is C26H33N7O. The summed E-state index contributed by atoms with van der Waals surface area (Å²) in [5.74, 6) is 2.51. The lowest BCUT2D eigenvalue weighted by Crippen LogP contribution is -2.52. The quantitative estimate of drug-likeness (QED) is 0.592. The zero-order valence-electron chi connectivity index (χ0n) is 20.3. The van der Waals surface area contributed by atoms with Crippen molar-refractivity contribution in [3.05, 3.63) is 48.0 Å². The molecule has 4 heterocycles. The average molecular weight is 460 g/mol. The summed E-state index contributed by atoms with van der Waals surface area (Å²) in [6, 6.07) is 6.49. The van der Waals surface area contributed by atoms with Crippen molar-refractivity contribution in [1.82, 2.24) is 24.8 Å². The largest absolute Gasteiger partial charge is 0.352 e. The fraction of sp³-hybridized carbons (Fsp3) is 0.500. The Morgan fingerprint density at radius 3 is 2.41 bits per heavy atom. The summed E-state index contributed by atoms with van der Waals surface area (Å²) in [6.45, 7) is 11.2. The van der Waals surface area contributed by atoms with Gasteiger partial charge in [-0.15, -0.1) is 0 Å². The number of carbonyl (C=O) groups is 1. The molecule has 1 amide bonds. The molecule has 34 heavy (non-hydrogen) atoms. The van der Waals surface area contributed by atoms with E-state index in [4.69, 9.17) is 9.97 Å². The maximum absolute atomic E-state index is 13.2. The lowest BCUT2D eigenvalue weighted by Gasteiger charge is -2.38. The molecule has 2 aromatic heterocycles. The second kappa shape index (κ2) is 9.52. The normalized spacial score (nSPS) is 17.6. The summed E-state index contributed by atoms with van der Waals surface area (Å²) >= 11 is 0. The Hall–Kier alpha value is -3.29. The predicted octanol–water partition coefficient (Wildman–Crippen LogP) is 3.42. The molecule has 0 bridgehead atoms. The molecule has 8 nitrogen and oxygen atoms in total. The molecule has 2 aliphatic rings. The first-order valence-corrected chi connectivity index (χ1v) is 12.3. The highest BCUT2D eigenvalue weighted by Crippen LogP contribution is 2.27. The third kappa shape index (κ3) is 4.54. The third-order valence-corrected chi connectivity index (χ3v) is 7.16. The van der Waals surface area contributed by atoms with Gasteiger partial charge in [-0.05, 0) is 43.4 Å². The molecule has 2 saturated heterocycles. The summed E-state index contributed by atoms with van der Waals surface area (Å²) in [6.07, 6.45) is 6.87. The predicted molar refractivity (Wildman–Crippen MR) is 134 cm³/mol. The van der Waals surface area contributed by atoms with Gasteiger partial charge in [0.15, 0.2) is 0 Å². The molecule has 0 unspecified atom stereocenters. The first kappa shape index (κ1) is 22.5. The number of amides is 1. The van der Waals surface area contributed by atoms with Crippen LogP contribution in [-0.2, 0) is 4.79 Å². The van der Waals surface area contributed by atoms with Gasteiger partial charge in [0, 0.05) is 63.0 Å². The molecular weight excluding hydrogens is 426 g/mol. The maximum Gasteiger partial charge on any atom is 0.226 e. The van der Waals surface area contributed by atoms with E-state index in [2.05, 4.69) is 58.7 Å². The van der Waals surface area contributed by atoms with Crippen LogP contribution in [0.5, 0.6) is 0 Å². The SMILES string of the molecule is Cc1nc(N2CCC(C(=O)N3CCN(c4cnccn4)CC3)CC2)nc2ccc(C(C)C)cc12. The van der Waals surface area contributed by atoms with Crippen LogP contribution in [0.25, 0.3) is 10.9 Å². The van der Waals surface area contributed by atoms with E-state index in [0.717, 1.165) is 80.5 Å². The first-order chi connectivity index (χ1) is 16.5. The zero-order valence-corrected chi connectivity index (χ0v) is 20.3. The van der Waals surface area contributed by atoms with E-state index in [1.165, 1.54) is 5.56 Å². The van der Waals surface area contributed by atoms with Crippen LogP contribution in [0.15, 0.2) is 36.8 Å². The minimum atomic E-state index is 0.0782. The maximum atomic E-state index is 13.2. The average Bonchev–Trinajstić information content (AvgIpc) is 2.88. The van der Waals surface area contributed by atoms with Crippen LogP contribution in [0.3, 0.4) is 0 Å². The molecule has 178 valence electrons. The number of piperidine rings is 1. The number of aryl methyl sites for hydroxylation is 1. The summed E-state index contributed by atoms with van der Waals surface area (Å²) in [4.78, 5) is 37.9. The number of nitrogens with zero attached hydrogens (tertiary/aromatic N) is 7. The van der Waals surface area contributed by atoms with Crippen molar-refractivity contribution in [2.24, 2.45) is 5.92 Å². The molecule has 1 aromatic carbocycles. The van der Waals surface area contributed by atoms with Gasteiger partial charge in [0.2, 0.25) is 11.9 Å². The fourth-order valence-corrected chi connectivity index (χ4v) is 4.98. The van der Waals surface area contributed by atoms with Gasteiger partial charge in [-0.1, -0.05) is 19.9 Å². The number of benzene rings is 1. The van der Waals surface area contributed by atoms with Crippen molar-refractivity contribution in [2.45, 2.75) is 39.5 Å². The zero-order chi connectivity index (χ0) is 23.7. The summed E-state index contributed by atoms with van der Waals surface area (Å²) < 4.78 is 0. The number of rotatable bonds is 4. The van der Waals surface area contributed by atoms with Crippen molar-refractivity contribution in [2.75, 3.05) is 49.1 Å². The third-order valence-electron chi connectivity index (χ3n) is 7.16. The van der Waals surface area contributed by atoms with Gasteiger partial charge < -0.3 is 14.7 Å². The Kier molecular flexibility index (Phi) is 6.30. The highest BCUT2D eigenvalue weighted by Gasteiger charge is 2.31. The Morgan fingerprint density at radius 1 is 0.971 bits per heavy atom. The molecule has 0 spiro atoms. The van der Waals surface area contributed by atoms with Gasteiger partial charge in [-0.2, -0.15) is 0 Å². The van der Waals surface area contributed by atoms with E-state index in [-0.39, 0.29) is 11.8 Å². The Labute approximate surface area is 201 Å². The van der Waals surface area contributed by atoms with E-state index in [1.54, 1.807) is 18.6 Å². The van der Waals surface area contributed by atoms with Gasteiger partial charge in [0.05, 0.1) is 17.4 Å². The monoisotopic (exact) mass is 459 g/mol. The molecule has 3 aromatic rings. The number of piperazine rings is 1. The number of aromatic nitrogens is 4. The minimum Gasteiger partial charge on any atom is -0.352 e. The van der Waals surface area contributed by atoms with Gasteiger partial charge in [-0.3, -0.25) is 9.78 Å².